The van der Waals surface area contributed by atoms with Crippen molar-refractivity contribution in [1.82, 2.24) is 15.2 Å². The highest BCUT2D eigenvalue weighted by atomic mass is 19.1. The lowest BCUT2D eigenvalue weighted by Gasteiger charge is -2.32. The van der Waals surface area contributed by atoms with Crippen LogP contribution in [-0.2, 0) is 4.79 Å². The summed E-state index contributed by atoms with van der Waals surface area (Å²) in [4.78, 5) is 30.1. The second kappa shape index (κ2) is 8.38. The van der Waals surface area contributed by atoms with Gasteiger partial charge in [0.2, 0.25) is 5.91 Å². The minimum absolute atomic E-state index is 0.00530. The third-order valence-corrected chi connectivity index (χ3v) is 4.36. The zero-order valence-corrected chi connectivity index (χ0v) is 14.3. The number of piperidine rings is 1. The van der Waals surface area contributed by atoms with Crippen LogP contribution in [0, 0.1) is 5.82 Å². The highest BCUT2D eigenvalue weighted by Gasteiger charge is 2.24. The van der Waals surface area contributed by atoms with Gasteiger partial charge in [-0.05, 0) is 37.1 Å². The van der Waals surface area contributed by atoms with Crippen molar-refractivity contribution in [3.63, 3.8) is 0 Å². The molecule has 1 aliphatic rings. The molecule has 0 bridgehead atoms. The molecule has 3 rings (SSSR count). The molecule has 0 aliphatic carbocycles. The smallest absolute Gasteiger partial charge is 0.255 e. The monoisotopic (exact) mass is 353 g/mol. The first kappa shape index (κ1) is 17.8. The van der Waals surface area contributed by atoms with Gasteiger partial charge in [-0.15, -0.1) is 0 Å². The van der Waals surface area contributed by atoms with Crippen molar-refractivity contribution in [3.8, 4) is 0 Å². The molecule has 134 valence electrons. The first-order valence-electron chi connectivity index (χ1n) is 8.56. The fourth-order valence-electron chi connectivity index (χ4n) is 2.92. The average molecular weight is 353 g/mol. The SMILES string of the molecule is O=C(/C=C/c1ccccc1F)NC1CCN(C(=O)c2cccnc2)CC1. The van der Waals surface area contributed by atoms with E-state index < -0.39 is 0 Å². The van der Waals surface area contributed by atoms with E-state index in [0.29, 0.717) is 37.1 Å². The summed E-state index contributed by atoms with van der Waals surface area (Å²) in [5, 5.41) is 2.91. The second-order valence-electron chi connectivity index (χ2n) is 6.17. The standard InChI is InChI=1S/C20H20FN3O2/c21-18-6-2-1-4-15(18)7-8-19(25)23-17-9-12-24(13-10-17)20(26)16-5-3-11-22-14-16/h1-8,11,14,17H,9-10,12-13H2,(H,23,25)/b8-7+. The summed E-state index contributed by atoms with van der Waals surface area (Å²) in [7, 11) is 0. The molecule has 1 aromatic heterocycles. The first-order chi connectivity index (χ1) is 12.6. The van der Waals surface area contributed by atoms with Crippen molar-refractivity contribution >= 4 is 17.9 Å². The second-order valence-corrected chi connectivity index (χ2v) is 6.17. The summed E-state index contributed by atoms with van der Waals surface area (Å²) >= 11 is 0. The van der Waals surface area contributed by atoms with Crippen LogP contribution < -0.4 is 5.32 Å². The summed E-state index contributed by atoms with van der Waals surface area (Å²) in [5.41, 5.74) is 0.947. The highest BCUT2D eigenvalue weighted by molar-refractivity contribution is 5.94. The third-order valence-electron chi connectivity index (χ3n) is 4.36. The lowest BCUT2D eigenvalue weighted by molar-refractivity contribution is -0.117. The van der Waals surface area contributed by atoms with Crippen molar-refractivity contribution in [2.24, 2.45) is 0 Å². The van der Waals surface area contributed by atoms with E-state index in [4.69, 9.17) is 0 Å². The molecular formula is C20H20FN3O2. The van der Waals surface area contributed by atoms with E-state index in [1.54, 1.807) is 47.6 Å². The molecule has 0 unspecified atom stereocenters. The van der Waals surface area contributed by atoms with Crippen LogP contribution in [0.4, 0.5) is 4.39 Å². The summed E-state index contributed by atoms with van der Waals surface area (Å²) < 4.78 is 13.5. The van der Waals surface area contributed by atoms with Crippen LogP contribution in [0.25, 0.3) is 6.08 Å². The van der Waals surface area contributed by atoms with Gasteiger partial charge in [0.25, 0.3) is 5.91 Å². The Labute approximate surface area is 151 Å². The van der Waals surface area contributed by atoms with Gasteiger partial charge in [-0.2, -0.15) is 0 Å². The van der Waals surface area contributed by atoms with Gasteiger partial charge in [0.15, 0.2) is 0 Å². The molecule has 1 fully saturated rings. The average Bonchev–Trinajstić information content (AvgIpc) is 2.68. The predicted molar refractivity (Wildman–Crippen MR) is 96.7 cm³/mol. The van der Waals surface area contributed by atoms with Crippen molar-refractivity contribution in [2.75, 3.05) is 13.1 Å². The number of likely N-dealkylation sites (tertiary alicyclic amines) is 1. The summed E-state index contributed by atoms with van der Waals surface area (Å²) in [6.45, 7) is 1.16. The van der Waals surface area contributed by atoms with Crippen LogP contribution in [-0.4, -0.2) is 40.8 Å². The number of amides is 2. The molecule has 2 heterocycles. The molecule has 26 heavy (non-hydrogen) atoms. The Morgan fingerprint density at radius 2 is 1.92 bits per heavy atom. The van der Waals surface area contributed by atoms with E-state index in [1.165, 1.54) is 18.2 Å². The largest absolute Gasteiger partial charge is 0.350 e. The number of carbonyl (C=O) groups is 2. The maximum absolute atomic E-state index is 13.5. The normalized spacial score (nSPS) is 15.2. The van der Waals surface area contributed by atoms with Gasteiger partial charge in [0.1, 0.15) is 5.82 Å². The van der Waals surface area contributed by atoms with Gasteiger partial charge in [-0.1, -0.05) is 18.2 Å². The Bertz CT molecular complexity index is 800. The number of hydrogen-bond donors (Lipinski definition) is 1. The quantitative estimate of drug-likeness (QED) is 0.860. The van der Waals surface area contributed by atoms with Crippen LogP contribution in [0.3, 0.4) is 0 Å². The van der Waals surface area contributed by atoms with Crippen molar-refractivity contribution in [1.29, 1.82) is 0 Å². The van der Waals surface area contributed by atoms with Gasteiger partial charge in [-0.25, -0.2) is 4.39 Å². The molecule has 5 nitrogen and oxygen atoms in total. The molecule has 1 aromatic carbocycles. The number of hydrogen-bond acceptors (Lipinski definition) is 3. The summed E-state index contributed by atoms with van der Waals surface area (Å²) in [6.07, 6.45) is 7.37. The number of nitrogens with zero attached hydrogens (tertiary/aromatic N) is 2. The lowest BCUT2D eigenvalue weighted by Crippen LogP contribution is -2.46. The third kappa shape index (κ3) is 4.53. The molecule has 2 amide bonds. The fraction of sp³-hybridized carbons (Fsp3) is 0.250. The van der Waals surface area contributed by atoms with Crippen LogP contribution in [0.1, 0.15) is 28.8 Å². The van der Waals surface area contributed by atoms with Crippen LogP contribution in [0.15, 0.2) is 54.9 Å². The summed E-state index contributed by atoms with van der Waals surface area (Å²) in [5.74, 6) is -0.661. The molecule has 1 saturated heterocycles. The number of rotatable bonds is 4. The lowest BCUT2D eigenvalue weighted by atomic mass is 10.0. The number of nitrogens with one attached hydrogen (secondary N) is 1. The van der Waals surface area contributed by atoms with Gasteiger partial charge >= 0.3 is 0 Å². The molecule has 1 N–H and O–H groups in total. The van der Waals surface area contributed by atoms with E-state index in [9.17, 15) is 14.0 Å². The van der Waals surface area contributed by atoms with Crippen molar-refractivity contribution in [2.45, 2.75) is 18.9 Å². The maximum Gasteiger partial charge on any atom is 0.255 e. The van der Waals surface area contributed by atoms with E-state index in [-0.39, 0.29) is 23.7 Å². The Kier molecular flexibility index (Phi) is 5.73. The van der Waals surface area contributed by atoms with Crippen molar-refractivity contribution in [3.05, 3.63) is 71.8 Å². The number of carbonyl (C=O) groups excluding carboxylic acids is 2. The molecule has 0 spiro atoms. The van der Waals surface area contributed by atoms with E-state index in [1.807, 2.05) is 0 Å². The van der Waals surface area contributed by atoms with E-state index in [2.05, 4.69) is 10.3 Å². The Morgan fingerprint density at radius 1 is 1.15 bits per heavy atom. The van der Waals surface area contributed by atoms with Gasteiger partial charge < -0.3 is 10.2 Å². The number of aromatic nitrogens is 1. The first-order valence-corrected chi connectivity index (χ1v) is 8.56. The molecule has 2 aromatic rings. The van der Waals surface area contributed by atoms with Crippen LogP contribution in [0.2, 0.25) is 0 Å². The van der Waals surface area contributed by atoms with Crippen LogP contribution in [0.5, 0.6) is 0 Å². The highest BCUT2D eigenvalue weighted by Crippen LogP contribution is 2.14. The molecular weight excluding hydrogens is 333 g/mol. The molecule has 0 atom stereocenters. The number of halogens is 1. The Morgan fingerprint density at radius 3 is 2.62 bits per heavy atom. The topological polar surface area (TPSA) is 62.3 Å². The van der Waals surface area contributed by atoms with E-state index in [0.717, 1.165) is 0 Å². The fourth-order valence-corrected chi connectivity index (χ4v) is 2.92. The molecule has 6 heteroatoms. The van der Waals surface area contributed by atoms with Crippen LogP contribution >= 0.6 is 0 Å². The number of benzene rings is 1. The van der Waals surface area contributed by atoms with Gasteiger partial charge in [0, 0.05) is 43.2 Å². The minimum atomic E-state index is -0.362. The Balaban J connectivity index is 1.49. The molecule has 0 radical (unpaired) electrons. The zero-order valence-electron chi connectivity index (χ0n) is 14.3. The minimum Gasteiger partial charge on any atom is -0.350 e. The van der Waals surface area contributed by atoms with Gasteiger partial charge in [0.05, 0.1) is 5.56 Å². The summed E-state index contributed by atoms with van der Waals surface area (Å²) in [6, 6.07) is 9.78. The van der Waals surface area contributed by atoms with Gasteiger partial charge in [-0.3, -0.25) is 14.6 Å². The van der Waals surface area contributed by atoms with E-state index >= 15 is 0 Å². The Hall–Kier alpha value is -3.02. The number of pyridine rings is 1. The van der Waals surface area contributed by atoms with Crippen molar-refractivity contribution < 1.29 is 14.0 Å². The zero-order chi connectivity index (χ0) is 18.4. The molecule has 0 saturated carbocycles. The predicted octanol–water partition coefficient (Wildman–Crippen LogP) is 2.65. The molecule has 1 aliphatic heterocycles. The maximum atomic E-state index is 13.5.